The fourth-order valence-corrected chi connectivity index (χ4v) is 6.45. The van der Waals surface area contributed by atoms with E-state index in [4.69, 9.17) is 9.47 Å². The molecule has 1 saturated carbocycles. The number of rotatable bonds is 10. The quantitative estimate of drug-likeness (QED) is 0.179. The van der Waals surface area contributed by atoms with Gasteiger partial charge in [-0.2, -0.15) is 0 Å². The molecular weight excluding hydrogens is 576 g/mol. The highest BCUT2D eigenvalue weighted by atomic mass is 16.6. The van der Waals surface area contributed by atoms with E-state index in [1.165, 1.54) is 10.9 Å². The van der Waals surface area contributed by atoms with Crippen LogP contribution in [0, 0.1) is 0 Å². The number of hydrogen-bond donors (Lipinski definition) is 0. The fraction of sp³-hybridized carbons (Fsp3) is 0.421. The lowest BCUT2D eigenvalue weighted by Crippen LogP contribution is -2.61. The molecule has 3 aromatic carbocycles. The fourth-order valence-electron chi connectivity index (χ4n) is 6.45. The molecule has 2 fully saturated rings. The van der Waals surface area contributed by atoms with Crippen molar-refractivity contribution >= 4 is 28.6 Å². The summed E-state index contributed by atoms with van der Waals surface area (Å²) in [6, 6.07) is 26.8. The number of para-hydroxylation sites is 1. The average molecular weight is 623 g/mol. The van der Waals surface area contributed by atoms with Gasteiger partial charge in [0.2, 0.25) is 5.91 Å². The molecule has 2 heterocycles. The third kappa shape index (κ3) is 7.23. The maximum Gasteiger partial charge on any atom is 0.410 e. The molecule has 8 heteroatoms. The second-order valence-corrected chi connectivity index (χ2v) is 13.5. The van der Waals surface area contributed by atoms with E-state index in [-0.39, 0.29) is 24.6 Å². The molecule has 1 saturated heterocycles. The van der Waals surface area contributed by atoms with Crippen LogP contribution in [0.4, 0.5) is 10.5 Å². The number of anilines is 1. The van der Waals surface area contributed by atoms with Gasteiger partial charge in [0, 0.05) is 68.7 Å². The van der Waals surface area contributed by atoms with Crippen LogP contribution in [0.25, 0.3) is 22.0 Å². The SMILES string of the molecule is COCCCn1cc(CN(C(=O)C2CN(C(=O)OC(C)(C)C)CCN2c2cccc(-c3ccccc3)c2)C2CC2)c2ccccc21. The Bertz CT molecular complexity index is 1660. The van der Waals surface area contributed by atoms with Crippen LogP contribution in [0.5, 0.6) is 0 Å². The predicted octanol–water partition coefficient (Wildman–Crippen LogP) is 6.96. The highest BCUT2D eigenvalue weighted by Gasteiger charge is 2.42. The Hall–Kier alpha value is -4.30. The van der Waals surface area contributed by atoms with Crippen LogP contribution in [0.15, 0.2) is 85.1 Å². The molecule has 0 spiro atoms. The Kier molecular flexibility index (Phi) is 9.36. The summed E-state index contributed by atoms with van der Waals surface area (Å²) in [4.78, 5) is 34.1. The normalized spacial score (nSPS) is 16.9. The van der Waals surface area contributed by atoms with Gasteiger partial charge < -0.3 is 28.7 Å². The van der Waals surface area contributed by atoms with Crippen molar-refractivity contribution in [1.29, 1.82) is 0 Å². The van der Waals surface area contributed by atoms with Gasteiger partial charge in [-0.3, -0.25) is 4.79 Å². The number of methoxy groups -OCH3 is 1. The predicted molar refractivity (Wildman–Crippen MR) is 183 cm³/mol. The summed E-state index contributed by atoms with van der Waals surface area (Å²) < 4.78 is 13.4. The van der Waals surface area contributed by atoms with Crippen molar-refractivity contribution in [2.24, 2.45) is 0 Å². The minimum atomic E-state index is -0.616. The molecule has 1 aliphatic heterocycles. The van der Waals surface area contributed by atoms with Crippen molar-refractivity contribution in [2.45, 2.75) is 70.8 Å². The van der Waals surface area contributed by atoms with Gasteiger partial charge >= 0.3 is 6.09 Å². The molecule has 6 rings (SSSR count). The van der Waals surface area contributed by atoms with E-state index in [2.05, 4.69) is 81.2 Å². The zero-order valence-electron chi connectivity index (χ0n) is 27.5. The number of carbonyl (C=O) groups is 2. The third-order valence-corrected chi connectivity index (χ3v) is 8.83. The van der Waals surface area contributed by atoms with Crippen molar-refractivity contribution in [1.82, 2.24) is 14.4 Å². The Balaban J connectivity index is 1.32. The van der Waals surface area contributed by atoms with Gasteiger partial charge in [-0.25, -0.2) is 4.79 Å². The van der Waals surface area contributed by atoms with Crippen molar-refractivity contribution in [3.05, 3.63) is 90.6 Å². The van der Waals surface area contributed by atoms with Crippen LogP contribution in [-0.4, -0.2) is 77.4 Å². The summed E-state index contributed by atoms with van der Waals surface area (Å²) in [6.07, 6.45) is 4.73. The number of carbonyl (C=O) groups excluding carboxylic acids is 2. The molecule has 1 aliphatic carbocycles. The van der Waals surface area contributed by atoms with E-state index in [0.29, 0.717) is 26.2 Å². The van der Waals surface area contributed by atoms with Gasteiger partial charge in [0.25, 0.3) is 0 Å². The first-order valence-electron chi connectivity index (χ1n) is 16.5. The van der Waals surface area contributed by atoms with Crippen molar-refractivity contribution in [3.63, 3.8) is 0 Å². The average Bonchev–Trinajstić information content (AvgIpc) is 3.85. The Labute approximate surface area is 272 Å². The molecule has 2 aliphatic rings. The van der Waals surface area contributed by atoms with Gasteiger partial charge in [-0.05, 0) is 74.9 Å². The van der Waals surface area contributed by atoms with E-state index < -0.39 is 11.6 Å². The maximum atomic E-state index is 14.8. The minimum absolute atomic E-state index is 0.0529. The topological polar surface area (TPSA) is 67.2 Å². The van der Waals surface area contributed by atoms with E-state index in [1.807, 2.05) is 39.0 Å². The lowest BCUT2D eigenvalue weighted by Gasteiger charge is -2.43. The van der Waals surface area contributed by atoms with E-state index in [0.717, 1.165) is 48.2 Å². The van der Waals surface area contributed by atoms with E-state index >= 15 is 0 Å². The lowest BCUT2D eigenvalue weighted by molar-refractivity contribution is -0.134. The van der Waals surface area contributed by atoms with Gasteiger partial charge in [-0.1, -0.05) is 60.7 Å². The number of ether oxygens (including phenoxy) is 2. The number of piperazine rings is 1. The summed E-state index contributed by atoms with van der Waals surface area (Å²) in [7, 11) is 1.73. The highest BCUT2D eigenvalue weighted by Crippen LogP contribution is 2.34. The van der Waals surface area contributed by atoms with Gasteiger partial charge in [0.15, 0.2) is 0 Å². The maximum absolute atomic E-state index is 14.8. The molecule has 0 N–H and O–H groups in total. The molecule has 2 amide bonds. The summed E-state index contributed by atoms with van der Waals surface area (Å²) >= 11 is 0. The van der Waals surface area contributed by atoms with Crippen LogP contribution in [0.2, 0.25) is 0 Å². The number of fused-ring (bicyclic) bond motifs is 1. The van der Waals surface area contributed by atoms with Gasteiger partial charge in [0.05, 0.1) is 6.54 Å². The first-order valence-corrected chi connectivity index (χ1v) is 16.5. The second-order valence-electron chi connectivity index (χ2n) is 13.5. The van der Waals surface area contributed by atoms with Crippen molar-refractivity contribution < 1.29 is 19.1 Å². The van der Waals surface area contributed by atoms with Crippen LogP contribution >= 0.6 is 0 Å². The molecule has 8 nitrogen and oxygen atoms in total. The number of benzene rings is 3. The van der Waals surface area contributed by atoms with Crippen molar-refractivity contribution in [3.8, 4) is 11.1 Å². The van der Waals surface area contributed by atoms with Gasteiger partial charge in [-0.15, -0.1) is 0 Å². The lowest BCUT2D eigenvalue weighted by atomic mass is 10.0. The molecule has 4 aromatic rings. The van der Waals surface area contributed by atoms with Crippen LogP contribution in [0.1, 0.15) is 45.6 Å². The highest BCUT2D eigenvalue weighted by molar-refractivity contribution is 5.89. The molecule has 0 radical (unpaired) electrons. The van der Waals surface area contributed by atoms with Crippen LogP contribution < -0.4 is 4.90 Å². The summed E-state index contributed by atoms with van der Waals surface area (Å²) in [6.45, 7) is 8.99. The number of hydrogen-bond acceptors (Lipinski definition) is 5. The number of aromatic nitrogens is 1. The first-order chi connectivity index (χ1) is 22.2. The Morgan fingerprint density at radius 2 is 1.65 bits per heavy atom. The molecule has 1 aromatic heterocycles. The third-order valence-electron chi connectivity index (χ3n) is 8.83. The Morgan fingerprint density at radius 3 is 2.39 bits per heavy atom. The first kappa shape index (κ1) is 31.7. The zero-order chi connectivity index (χ0) is 32.3. The smallest absolute Gasteiger partial charge is 0.410 e. The number of aryl methyl sites for hydroxylation is 1. The second kappa shape index (κ2) is 13.6. The van der Waals surface area contributed by atoms with Crippen molar-refractivity contribution in [2.75, 3.05) is 38.3 Å². The molecule has 0 bridgehead atoms. The Morgan fingerprint density at radius 1 is 0.913 bits per heavy atom. The van der Waals surface area contributed by atoms with Crippen LogP contribution in [-0.2, 0) is 27.4 Å². The molecule has 242 valence electrons. The minimum Gasteiger partial charge on any atom is -0.444 e. The van der Waals surface area contributed by atoms with Gasteiger partial charge in [0.1, 0.15) is 11.6 Å². The van der Waals surface area contributed by atoms with Crippen LogP contribution in [0.3, 0.4) is 0 Å². The zero-order valence-corrected chi connectivity index (χ0v) is 27.5. The monoisotopic (exact) mass is 622 g/mol. The molecule has 1 atom stereocenters. The summed E-state index contributed by atoms with van der Waals surface area (Å²) in [5, 5.41) is 1.17. The summed E-state index contributed by atoms with van der Waals surface area (Å²) in [5.41, 5.74) is 4.90. The summed E-state index contributed by atoms with van der Waals surface area (Å²) in [5.74, 6) is 0.0529. The number of amides is 2. The van der Waals surface area contributed by atoms with E-state index in [1.54, 1.807) is 12.0 Å². The standard InChI is InChI=1S/C38H46N4O4/c1-38(2,3)46-37(44)40-21-22-41(32-15-10-14-29(24-32)28-12-6-5-7-13-28)35(27-40)36(43)42(31-18-19-31)26-30-25-39(20-11-23-45-4)34-17-9-8-16-33(30)34/h5-10,12-17,24-25,31,35H,11,18-23,26-27H2,1-4H3. The van der Waals surface area contributed by atoms with E-state index in [9.17, 15) is 9.59 Å². The molecular formula is C38H46N4O4. The largest absolute Gasteiger partial charge is 0.444 e. The number of nitrogens with zero attached hydrogens (tertiary/aromatic N) is 4. The molecule has 1 unspecified atom stereocenters. The molecule has 46 heavy (non-hydrogen) atoms.